The number of nitrogens with zero attached hydrogens (tertiary/aromatic N) is 5. The number of pyridine rings is 1. The van der Waals surface area contributed by atoms with E-state index in [-0.39, 0.29) is 23.2 Å². The molecule has 9 nitrogen and oxygen atoms in total. The molecule has 3 N–H and O–H groups in total. The monoisotopic (exact) mass is 479 g/mol. The van der Waals surface area contributed by atoms with Gasteiger partial charge in [0.1, 0.15) is 11.6 Å². The number of piperidine rings is 1. The molecule has 4 aromatic rings. The zero-order chi connectivity index (χ0) is 24.5. The minimum atomic E-state index is -1.05. The molecule has 0 spiro atoms. The summed E-state index contributed by atoms with van der Waals surface area (Å²) in [6.45, 7) is 3.33. The van der Waals surface area contributed by atoms with Crippen LogP contribution in [0.1, 0.15) is 13.3 Å². The largest absolute Gasteiger partial charge is 0.465 e. The van der Waals surface area contributed by atoms with Gasteiger partial charge < -0.3 is 20.6 Å². The molecule has 1 aliphatic rings. The Balaban J connectivity index is 1.48. The second kappa shape index (κ2) is 9.16. The Hall–Kier alpha value is -4.28. The molecule has 1 amide bonds. The quantitative estimate of drug-likeness (QED) is 0.392. The number of hydrogen-bond acceptors (Lipinski definition) is 6. The molecule has 0 aliphatic carbocycles. The van der Waals surface area contributed by atoms with Gasteiger partial charge in [-0.1, -0.05) is 13.0 Å². The van der Waals surface area contributed by atoms with Crippen molar-refractivity contribution in [3.8, 4) is 11.3 Å². The topological polar surface area (TPSA) is 108 Å². The van der Waals surface area contributed by atoms with Crippen LogP contribution in [-0.2, 0) is 0 Å². The lowest BCUT2D eigenvalue weighted by Gasteiger charge is -2.38. The number of anilines is 3. The third-order valence-electron chi connectivity index (χ3n) is 5.98. The van der Waals surface area contributed by atoms with Crippen LogP contribution >= 0.6 is 0 Å². The van der Waals surface area contributed by atoms with E-state index in [0.29, 0.717) is 23.7 Å². The van der Waals surface area contributed by atoms with Gasteiger partial charge >= 0.3 is 6.09 Å². The van der Waals surface area contributed by atoms with Crippen molar-refractivity contribution in [3.05, 3.63) is 66.6 Å². The van der Waals surface area contributed by atoms with E-state index in [2.05, 4.69) is 37.5 Å². The minimum absolute atomic E-state index is 0.132. The normalized spacial score (nSPS) is 18.0. The molecule has 1 aromatic carbocycles. The molecule has 1 aliphatic heterocycles. The zero-order valence-corrected chi connectivity index (χ0v) is 18.8. The van der Waals surface area contributed by atoms with Gasteiger partial charge in [0.15, 0.2) is 0 Å². The lowest BCUT2D eigenvalue weighted by atomic mass is 9.95. The fourth-order valence-electron chi connectivity index (χ4n) is 4.55. The van der Waals surface area contributed by atoms with Crippen molar-refractivity contribution in [2.45, 2.75) is 19.4 Å². The predicted octanol–water partition coefficient (Wildman–Crippen LogP) is 4.30. The number of fused-ring (bicyclic) bond motifs is 1. The second-order valence-electron chi connectivity index (χ2n) is 8.64. The number of benzene rings is 1. The Labute approximate surface area is 199 Å². The number of halogens is 2. The first kappa shape index (κ1) is 22.5. The van der Waals surface area contributed by atoms with Gasteiger partial charge in [0.2, 0.25) is 5.95 Å². The summed E-state index contributed by atoms with van der Waals surface area (Å²) in [6, 6.07) is 8.55. The van der Waals surface area contributed by atoms with E-state index in [1.807, 2.05) is 6.07 Å². The molecule has 1 saturated heterocycles. The Morgan fingerprint density at radius 3 is 2.69 bits per heavy atom. The number of imidazole rings is 1. The molecule has 180 valence electrons. The van der Waals surface area contributed by atoms with Crippen molar-refractivity contribution in [1.82, 2.24) is 24.9 Å². The summed E-state index contributed by atoms with van der Waals surface area (Å²) in [5.74, 6) is -0.790. The van der Waals surface area contributed by atoms with Crippen molar-refractivity contribution < 1.29 is 18.7 Å². The first-order valence-electron chi connectivity index (χ1n) is 11.1. The van der Waals surface area contributed by atoms with Crippen molar-refractivity contribution in [2.75, 3.05) is 23.3 Å². The molecule has 35 heavy (non-hydrogen) atoms. The summed E-state index contributed by atoms with van der Waals surface area (Å²) in [4.78, 5) is 21.9. The first-order valence-corrected chi connectivity index (χ1v) is 11.1. The van der Waals surface area contributed by atoms with Gasteiger partial charge in [0, 0.05) is 25.3 Å². The van der Waals surface area contributed by atoms with Crippen LogP contribution in [0.5, 0.6) is 0 Å². The summed E-state index contributed by atoms with van der Waals surface area (Å²) >= 11 is 0. The highest BCUT2D eigenvalue weighted by molar-refractivity contribution is 5.74. The molecule has 4 heterocycles. The summed E-state index contributed by atoms with van der Waals surface area (Å²) in [6.07, 6.45) is 4.62. The van der Waals surface area contributed by atoms with E-state index in [1.165, 1.54) is 22.7 Å². The standard InChI is InChI=1S/C24H23F2N7O2/c1-14-9-15(29-24(34)35)13-32(12-14)21-7-8-27-11-20(21)30-23-28-10-16-5-6-19(31-33(16)23)22-17(25)3-2-4-18(22)26/h2-8,10-11,14-15,29H,9,12-13H2,1H3,(H,28,30)(H,34,35)/t14-,15+/m1/s1. The summed E-state index contributed by atoms with van der Waals surface area (Å²) < 4.78 is 30.1. The molecule has 11 heteroatoms. The molecule has 0 unspecified atom stereocenters. The Bertz CT molecular complexity index is 1370. The highest BCUT2D eigenvalue weighted by atomic mass is 19.1. The van der Waals surface area contributed by atoms with E-state index in [1.54, 1.807) is 30.7 Å². The second-order valence-corrected chi connectivity index (χ2v) is 8.64. The number of hydrogen-bond donors (Lipinski definition) is 3. The van der Waals surface area contributed by atoms with Crippen LogP contribution in [0, 0.1) is 17.6 Å². The highest BCUT2D eigenvalue weighted by Crippen LogP contribution is 2.32. The predicted molar refractivity (Wildman–Crippen MR) is 127 cm³/mol. The summed E-state index contributed by atoms with van der Waals surface area (Å²) in [5, 5.41) is 19.4. The van der Waals surface area contributed by atoms with Gasteiger partial charge in [-0.25, -0.2) is 18.6 Å². The Morgan fingerprint density at radius 2 is 1.91 bits per heavy atom. The van der Waals surface area contributed by atoms with Gasteiger partial charge in [-0.3, -0.25) is 4.98 Å². The lowest BCUT2D eigenvalue weighted by Crippen LogP contribution is -2.50. The fourth-order valence-corrected chi connectivity index (χ4v) is 4.55. The van der Waals surface area contributed by atoms with E-state index in [0.717, 1.165) is 18.7 Å². The maximum Gasteiger partial charge on any atom is 0.404 e. The van der Waals surface area contributed by atoms with Gasteiger partial charge in [0.25, 0.3) is 0 Å². The molecule has 3 aromatic heterocycles. The van der Waals surface area contributed by atoms with Crippen LogP contribution in [0.25, 0.3) is 16.8 Å². The van der Waals surface area contributed by atoms with Gasteiger partial charge in [0.05, 0.1) is 40.5 Å². The SMILES string of the molecule is C[C@@H]1C[C@H](NC(=O)O)CN(c2ccncc2Nc2ncc3ccc(-c4c(F)cccc4F)nn23)C1. The zero-order valence-electron chi connectivity index (χ0n) is 18.8. The third-order valence-corrected chi connectivity index (χ3v) is 5.98. The summed E-state index contributed by atoms with van der Waals surface area (Å²) in [7, 11) is 0. The van der Waals surface area contributed by atoms with Crippen LogP contribution < -0.4 is 15.5 Å². The fraction of sp³-hybridized carbons (Fsp3) is 0.250. The molecule has 2 atom stereocenters. The molecule has 0 bridgehead atoms. The first-order chi connectivity index (χ1) is 16.9. The maximum atomic E-state index is 14.3. The molecule has 5 rings (SSSR count). The highest BCUT2D eigenvalue weighted by Gasteiger charge is 2.27. The minimum Gasteiger partial charge on any atom is -0.465 e. The van der Waals surface area contributed by atoms with Crippen molar-refractivity contribution in [3.63, 3.8) is 0 Å². The van der Waals surface area contributed by atoms with Crippen molar-refractivity contribution in [2.24, 2.45) is 5.92 Å². The van der Waals surface area contributed by atoms with Crippen LogP contribution in [0.2, 0.25) is 0 Å². The number of rotatable bonds is 5. The van der Waals surface area contributed by atoms with Gasteiger partial charge in [-0.05, 0) is 42.7 Å². The molecule has 0 saturated carbocycles. The van der Waals surface area contributed by atoms with Crippen LogP contribution in [0.15, 0.2) is 55.0 Å². The Morgan fingerprint density at radius 1 is 1.11 bits per heavy atom. The lowest BCUT2D eigenvalue weighted by molar-refractivity contribution is 0.186. The molecule has 0 radical (unpaired) electrons. The van der Waals surface area contributed by atoms with E-state index in [9.17, 15) is 13.6 Å². The average Bonchev–Trinajstić information content (AvgIpc) is 3.20. The van der Waals surface area contributed by atoms with E-state index >= 15 is 0 Å². The van der Waals surface area contributed by atoms with Crippen LogP contribution in [0.4, 0.5) is 30.9 Å². The van der Waals surface area contributed by atoms with E-state index in [4.69, 9.17) is 5.11 Å². The molecular weight excluding hydrogens is 456 g/mol. The average molecular weight is 479 g/mol. The van der Waals surface area contributed by atoms with Gasteiger partial charge in [-0.15, -0.1) is 0 Å². The number of carbonyl (C=O) groups is 1. The maximum absolute atomic E-state index is 14.3. The smallest absolute Gasteiger partial charge is 0.404 e. The van der Waals surface area contributed by atoms with Crippen LogP contribution in [-0.4, -0.2) is 49.9 Å². The van der Waals surface area contributed by atoms with Crippen molar-refractivity contribution >= 4 is 28.9 Å². The number of amides is 1. The van der Waals surface area contributed by atoms with E-state index < -0.39 is 17.7 Å². The van der Waals surface area contributed by atoms with Crippen molar-refractivity contribution in [1.29, 1.82) is 0 Å². The number of aromatic nitrogens is 4. The van der Waals surface area contributed by atoms with Crippen LogP contribution in [0.3, 0.4) is 0 Å². The number of carboxylic acid groups (broad SMARTS) is 1. The molecular formula is C24H23F2N7O2. The summed E-state index contributed by atoms with van der Waals surface area (Å²) in [5.41, 5.74) is 2.03. The molecule has 1 fully saturated rings. The Kier molecular flexibility index (Phi) is 5.89. The third kappa shape index (κ3) is 4.57. The number of nitrogens with one attached hydrogen (secondary N) is 2. The van der Waals surface area contributed by atoms with Gasteiger partial charge in [-0.2, -0.15) is 9.61 Å².